The first-order valence-corrected chi connectivity index (χ1v) is 15.5. The first-order chi connectivity index (χ1) is 22.7. The van der Waals surface area contributed by atoms with Crippen molar-refractivity contribution in [3.63, 3.8) is 0 Å². The van der Waals surface area contributed by atoms with Crippen molar-refractivity contribution in [1.29, 1.82) is 0 Å². The molecular formula is C31H32F7IN4O7. The van der Waals surface area contributed by atoms with Gasteiger partial charge in [-0.05, 0) is 95.3 Å². The van der Waals surface area contributed by atoms with Crippen molar-refractivity contribution in [3.8, 4) is 17.5 Å². The van der Waals surface area contributed by atoms with Crippen LogP contribution < -0.4 is 9.64 Å². The number of alkyl halides is 6. The molecule has 2 aromatic heterocycles. The molecule has 0 aliphatic carbocycles. The first kappa shape index (κ1) is 40.4. The smallest absolute Gasteiger partial charge is 0.430 e. The predicted molar refractivity (Wildman–Crippen MR) is 171 cm³/mol. The lowest BCUT2D eigenvalue weighted by Crippen LogP contribution is -2.44. The minimum Gasteiger partial charge on any atom is -0.474 e. The number of halogens is 8. The molecule has 2 amide bonds. The molecule has 11 nitrogen and oxygen atoms in total. The second-order valence-corrected chi connectivity index (χ2v) is 13.9. The van der Waals surface area contributed by atoms with Crippen LogP contribution in [0.1, 0.15) is 71.9 Å². The van der Waals surface area contributed by atoms with Crippen LogP contribution >= 0.6 is 22.6 Å². The number of ether oxygens (including phenoxy) is 3. The van der Waals surface area contributed by atoms with Gasteiger partial charge in [-0.15, -0.1) is 16.8 Å². The molecule has 50 heavy (non-hydrogen) atoms. The third kappa shape index (κ3) is 9.20. The van der Waals surface area contributed by atoms with Crippen LogP contribution in [0.2, 0.25) is 0 Å². The summed E-state index contributed by atoms with van der Waals surface area (Å²) in [6, 6.07) is 2.65. The van der Waals surface area contributed by atoms with Crippen LogP contribution in [0.5, 0.6) is 5.88 Å². The van der Waals surface area contributed by atoms with Gasteiger partial charge in [-0.25, -0.2) is 19.0 Å². The van der Waals surface area contributed by atoms with Crippen LogP contribution in [0.15, 0.2) is 41.3 Å². The summed E-state index contributed by atoms with van der Waals surface area (Å²) in [5.41, 5.74) is -12.1. The van der Waals surface area contributed by atoms with Crippen molar-refractivity contribution in [2.75, 3.05) is 4.90 Å². The normalized spacial score (nSPS) is 14.4. The Morgan fingerprint density at radius 2 is 1.54 bits per heavy atom. The summed E-state index contributed by atoms with van der Waals surface area (Å²) >= 11 is 1.57. The minimum atomic E-state index is -5.72. The summed E-state index contributed by atoms with van der Waals surface area (Å²) in [6.07, 6.45) is -13.9. The van der Waals surface area contributed by atoms with Gasteiger partial charge in [0, 0.05) is 15.6 Å². The number of nitrogens with zero attached hydrogens (tertiary/aromatic N) is 4. The monoisotopic (exact) mass is 832 g/mol. The number of aromatic nitrogens is 3. The van der Waals surface area contributed by atoms with E-state index < -0.39 is 93.4 Å². The average Bonchev–Trinajstić information content (AvgIpc) is 3.42. The summed E-state index contributed by atoms with van der Waals surface area (Å²) in [5.74, 6) is -5.53. The maximum Gasteiger partial charge on any atom is 0.430 e. The number of rotatable bonds is 8. The summed E-state index contributed by atoms with van der Waals surface area (Å²) in [7, 11) is 0. The molecule has 2 atom stereocenters. The lowest BCUT2D eigenvalue weighted by Gasteiger charge is -2.30. The van der Waals surface area contributed by atoms with Crippen LogP contribution in [-0.4, -0.2) is 56.0 Å². The molecule has 2 heterocycles. The summed E-state index contributed by atoms with van der Waals surface area (Å²) < 4.78 is 123. The molecule has 0 aliphatic rings. The molecule has 0 fully saturated rings. The van der Waals surface area contributed by atoms with E-state index in [4.69, 9.17) is 18.6 Å². The van der Waals surface area contributed by atoms with Crippen molar-refractivity contribution in [2.24, 2.45) is 0 Å². The van der Waals surface area contributed by atoms with Crippen LogP contribution in [-0.2, 0) is 21.3 Å². The molecule has 0 radical (unpaired) electrons. The van der Waals surface area contributed by atoms with Gasteiger partial charge < -0.3 is 23.7 Å². The van der Waals surface area contributed by atoms with E-state index in [-0.39, 0.29) is 21.0 Å². The molecule has 0 aliphatic heterocycles. The van der Waals surface area contributed by atoms with E-state index in [9.17, 15) is 45.4 Å². The van der Waals surface area contributed by atoms with Crippen LogP contribution in [0.25, 0.3) is 11.6 Å². The van der Waals surface area contributed by atoms with Gasteiger partial charge in [0.25, 0.3) is 17.4 Å². The zero-order valence-electron chi connectivity index (χ0n) is 27.6. The Balaban J connectivity index is 2.48. The number of pyridine rings is 1. The van der Waals surface area contributed by atoms with Crippen molar-refractivity contribution >= 4 is 40.5 Å². The van der Waals surface area contributed by atoms with E-state index in [1.165, 1.54) is 54.5 Å². The third-order valence-electron chi connectivity index (χ3n) is 6.14. The molecule has 0 bridgehead atoms. The molecule has 1 unspecified atom stereocenters. The third-order valence-corrected chi connectivity index (χ3v) is 6.81. The van der Waals surface area contributed by atoms with E-state index in [2.05, 4.69) is 21.8 Å². The van der Waals surface area contributed by atoms with E-state index in [1.807, 2.05) is 0 Å². The Kier molecular flexibility index (Phi) is 11.6. The number of benzene rings is 1. The van der Waals surface area contributed by atoms with Crippen molar-refractivity contribution in [2.45, 2.75) is 90.1 Å². The Morgan fingerprint density at radius 1 is 0.980 bits per heavy atom. The van der Waals surface area contributed by atoms with Gasteiger partial charge in [-0.3, -0.25) is 0 Å². The highest BCUT2D eigenvalue weighted by Crippen LogP contribution is 2.47. The molecule has 1 N–H and O–H groups in total. The number of carbonyl (C=O) groups excluding carboxylic acids is 2. The summed E-state index contributed by atoms with van der Waals surface area (Å²) in [6.45, 7) is 13.1. The molecular weight excluding hydrogens is 800 g/mol. The highest BCUT2D eigenvalue weighted by atomic mass is 127. The van der Waals surface area contributed by atoms with E-state index in [0.29, 0.717) is 12.1 Å². The van der Waals surface area contributed by atoms with Gasteiger partial charge in [0.1, 0.15) is 28.7 Å². The second kappa shape index (κ2) is 14.3. The topological polar surface area (TPSA) is 137 Å². The molecule has 0 saturated heterocycles. The lowest BCUT2D eigenvalue weighted by atomic mass is 9.92. The SMILES string of the molecule is C=CC[C@@H](C)Oc1nc(-c2nnc(C(O)(c3cc(I)ccc3F)C(F)(F)F)o2)c(N(C(=O)OC(C)(C)C)C(=O)OC(C)(C)C)cc1C(F)(F)F. The maximum atomic E-state index is 14.8. The Morgan fingerprint density at radius 3 is 2.02 bits per heavy atom. The van der Waals surface area contributed by atoms with E-state index in [1.54, 1.807) is 22.6 Å². The van der Waals surface area contributed by atoms with Crippen LogP contribution in [0.4, 0.5) is 46.0 Å². The molecule has 0 spiro atoms. The molecule has 274 valence electrons. The number of aliphatic hydroxyl groups is 1. The first-order valence-electron chi connectivity index (χ1n) is 14.4. The Hall–Kier alpha value is -4.01. The molecule has 1 aromatic carbocycles. The maximum absolute atomic E-state index is 14.8. The Bertz CT molecular complexity index is 1720. The van der Waals surface area contributed by atoms with Crippen molar-refractivity contribution in [1.82, 2.24) is 15.2 Å². The number of hydrogen-bond acceptors (Lipinski definition) is 10. The van der Waals surface area contributed by atoms with Crippen molar-refractivity contribution < 1.29 is 64.1 Å². The average molecular weight is 833 g/mol. The van der Waals surface area contributed by atoms with E-state index >= 15 is 0 Å². The molecule has 3 aromatic rings. The van der Waals surface area contributed by atoms with Gasteiger partial charge >= 0.3 is 24.5 Å². The highest BCUT2D eigenvalue weighted by Gasteiger charge is 2.62. The number of amides is 2. The van der Waals surface area contributed by atoms with Crippen LogP contribution in [0, 0.1) is 9.39 Å². The van der Waals surface area contributed by atoms with Crippen molar-refractivity contribution in [3.05, 3.63) is 63.3 Å². The quantitative estimate of drug-likeness (QED) is 0.133. The number of anilines is 1. The number of hydrogen-bond donors (Lipinski definition) is 1. The van der Waals surface area contributed by atoms with Gasteiger partial charge in [0.15, 0.2) is 5.69 Å². The van der Waals surface area contributed by atoms with Gasteiger partial charge in [-0.1, -0.05) is 6.08 Å². The summed E-state index contributed by atoms with van der Waals surface area (Å²) in [5, 5.41) is 17.7. The minimum absolute atomic E-state index is 0.00274. The van der Waals surface area contributed by atoms with Gasteiger partial charge in [-0.2, -0.15) is 31.2 Å². The fraction of sp³-hybridized carbons (Fsp3) is 0.452. The predicted octanol–water partition coefficient (Wildman–Crippen LogP) is 8.71. The summed E-state index contributed by atoms with van der Waals surface area (Å²) in [4.78, 5) is 30.8. The van der Waals surface area contributed by atoms with Gasteiger partial charge in [0.2, 0.25) is 5.88 Å². The number of carbonyl (C=O) groups is 2. The van der Waals surface area contributed by atoms with E-state index in [0.717, 1.165) is 6.07 Å². The standard InChI is InChI=1S/C31H32F7IN4O7/c1-9-10-15(2)47-22-18(30(33,34)35)14-20(43(25(44)49-27(3,4)5)26(45)50-28(6,7)8)21(40-22)23-41-42-24(48-23)29(46,31(36,37)38)17-13-16(39)11-12-19(17)32/h9,11-15,46H,1,10H2,2-8H3/t15-,29?/m1/s1. The van der Waals surface area contributed by atoms with Gasteiger partial charge in [0.05, 0.1) is 5.69 Å². The lowest BCUT2D eigenvalue weighted by molar-refractivity contribution is -0.256. The largest absolute Gasteiger partial charge is 0.474 e. The highest BCUT2D eigenvalue weighted by molar-refractivity contribution is 14.1. The second-order valence-electron chi connectivity index (χ2n) is 12.7. The molecule has 19 heteroatoms. The number of imide groups is 1. The fourth-order valence-corrected chi connectivity index (χ4v) is 4.59. The molecule has 0 saturated carbocycles. The molecule has 3 rings (SSSR count). The Labute approximate surface area is 294 Å². The zero-order chi connectivity index (χ0) is 38.2. The fourth-order valence-electron chi connectivity index (χ4n) is 4.10. The zero-order valence-corrected chi connectivity index (χ0v) is 29.7. The van der Waals surface area contributed by atoms with Crippen LogP contribution in [0.3, 0.4) is 0 Å².